The van der Waals surface area contributed by atoms with Gasteiger partial charge < -0.3 is 10.1 Å². The van der Waals surface area contributed by atoms with E-state index < -0.39 is 0 Å². The third kappa shape index (κ3) is 2.79. The highest BCUT2D eigenvalue weighted by Gasteiger charge is 2.08. The molecule has 18 heavy (non-hydrogen) atoms. The fourth-order valence-electron chi connectivity index (χ4n) is 1.45. The second-order valence-electron chi connectivity index (χ2n) is 3.58. The van der Waals surface area contributed by atoms with Gasteiger partial charge in [0.2, 0.25) is 0 Å². The fraction of sp³-hybridized carbons (Fsp3) is 0.167. The number of H-pyrrole nitrogens is 2. The standard InChI is InChI=1S/C12H13N3O3/c1-2-18-9-5-3-8(4-6-9)13-12(17)10-7-11(16)15-14-10/h3-7H,2H2,1H3,(H,13,17)(H2,14,15,16). The van der Waals surface area contributed by atoms with Crippen molar-refractivity contribution in [2.45, 2.75) is 6.92 Å². The molecule has 1 heterocycles. The number of ether oxygens (including phenoxy) is 1. The molecule has 0 unspecified atom stereocenters. The number of amides is 1. The van der Waals surface area contributed by atoms with Crippen LogP contribution in [0.4, 0.5) is 5.69 Å². The van der Waals surface area contributed by atoms with E-state index in [0.29, 0.717) is 12.3 Å². The molecular weight excluding hydrogens is 234 g/mol. The Kier molecular flexibility index (Phi) is 3.47. The summed E-state index contributed by atoms with van der Waals surface area (Å²) < 4.78 is 5.29. The molecule has 0 aliphatic rings. The van der Waals surface area contributed by atoms with Crippen LogP contribution in [-0.4, -0.2) is 22.7 Å². The number of rotatable bonds is 4. The summed E-state index contributed by atoms with van der Waals surface area (Å²) >= 11 is 0. The molecule has 1 amide bonds. The van der Waals surface area contributed by atoms with Crippen molar-refractivity contribution in [1.29, 1.82) is 0 Å². The summed E-state index contributed by atoms with van der Waals surface area (Å²) in [5.41, 5.74) is 0.478. The first kappa shape index (κ1) is 12.0. The minimum atomic E-state index is -0.377. The van der Waals surface area contributed by atoms with E-state index in [0.717, 1.165) is 5.75 Å². The largest absolute Gasteiger partial charge is 0.494 e. The predicted octanol–water partition coefficient (Wildman–Crippen LogP) is 1.35. The van der Waals surface area contributed by atoms with Crippen LogP contribution >= 0.6 is 0 Å². The zero-order valence-corrected chi connectivity index (χ0v) is 9.82. The van der Waals surface area contributed by atoms with E-state index in [1.807, 2.05) is 6.92 Å². The molecule has 1 aromatic heterocycles. The Morgan fingerprint density at radius 2 is 2.00 bits per heavy atom. The van der Waals surface area contributed by atoms with E-state index >= 15 is 0 Å². The predicted molar refractivity (Wildman–Crippen MR) is 67.0 cm³/mol. The van der Waals surface area contributed by atoms with E-state index in [2.05, 4.69) is 15.5 Å². The molecule has 0 aliphatic heterocycles. The first-order chi connectivity index (χ1) is 8.69. The van der Waals surface area contributed by atoms with Crippen molar-refractivity contribution in [1.82, 2.24) is 10.2 Å². The fourth-order valence-corrected chi connectivity index (χ4v) is 1.45. The molecule has 0 fully saturated rings. The van der Waals surface area contributed by atoms with Crippen molar-refractivity contribution in [2.75, 3.05) is 11.9 Å². The van der Waals surface area contributed by atoms with Gasteiger partial charge in [-0.25, -0.2) is 0 Å². The lowest BCUT2D eigenvalue weighted by molar-refractivity contribution is 0.102. The van der Waals surface area contributed by atoms with Crippen LogP contribution in [0.5, 0.6) is 5.75 Å². The zero-order chi connectivity index (χ0) is 13.0. The number of hydrogen-bond donors (Lipinski definition) is 3. The number of benzene rings is 1. The van der Waals surface area contributed by atoms with Crippen LogP contribution in [0.2, 0.25) is 0 Å². The molecule has 0 aliphatic carbocycles. The third-order valence-corrected chi connectivity index (χ3v) is 2.26. The third-order valence-electron chi connectivity index (χ3n) is 2.26. The molecule has 0 spiro atoms. The number of carbonyl (C=O) groups is 1. The number of hydrogen-bond acceptors (Lipinski definition) is 3. The van der Waals surface area contributed by atoms with Gasteiger partial charge in [-0.15, -0.1) is 0 Å². The van der Waals surface area contributed by atoms with Crippen LogP contribution < -0.4 is 15.6 Å². The second-order valence-corrected chi connectivity index (χ2v) is 3.58. The van der Waals surface area contributed by atoms with Crippen molar-refractivity contribution in [2.24, 2.45) is 0 Å². The summed E-state index contributed by atoms with van der Waals surface area (Å²) in [7, 11) is 0. The highest BCUT2D eigenvalue weighted by Crippen LogP contribution is 2.15. The smallest absolute Gasteiger partial charge is 0.273 e. The Labute approximate surface area is 103 Å². The minimum Gasteiger partial charge on any atom is -0.494 e. The number of aromatic nitrogens is 2. The zero-order valence-electron chi connectivity index (χ0n) is 9.82. The second kappa shape index (κ2) is 5.22. The Morgan fingerprint density at radius 3 is 2.56 bits per heavy atom. The molecule has 94 valence electrons. The topological polar surface area (TPSA) is 87.0 Å². The maximum Gasteiger partial charge on any atom is 0.273 e. The first-order valence-electron chi connectivity index (χ1n) is 5.51. The van der Waals surface area contributed by atoms with E-state index in [1.54, 1.807) is 24.3 Å². The van der Waals surface area contributed by atoms with Crippen LogP contribution in [0.25, 0.3) is 0 Å². The van der Waals surface area contributed by atoms with E-state index in [9.17, 15) is 9.59 Å². The van der Waals surface area contributed by atoms with Gasteiger partial charge in [0.1, 0.15) is 11.4 Å². The number of anilines is 1. The van der Waals surface area contributed by atoms with E-state index in [4.69, 9.17) is 4.74 Å². The van der Waals surface area contributed by atoms with E-state index in [1.165, 1.54) is 6.07 Å². The molecule has 3 N–H and O–H groups in total. The number of nitrogens with one attached hydrogen (secondary N) is 3. The van der Waals surface area contributed by atoms with Gasteiger partial charge in [-0.05, 0) is 31.2 Å². The molecule has 0 bridgehead atoms. The molecule has 0 saturated carbocycles. The first-order valence-corrected chi connectivity index (χ1v) is 5.51. The monoisotopic (exact) mass is 247 g/mol. The molecule has 0 radical (unpaired) electrons. The summed E-state index contributed by atoms with van der Waals surface area (Å²) in [6.45, 7) is 2.49. The van der Waals surface area contributed by atoms with Gasteiger partial charge in [0.15, 0.2) is 0 Å². The molecule has 2 rings (SSSR count). The van der Waals surface area contributed by atoms with Crippen molar-refractivity contribution in [3.8, 4) is 5.75 Å². The van der Waals surface area contributed by atoms with Crippen molar-refractivity contribution in [3.63, 3.8) is 0 Å². The molecule has 0 atom stereocenters. The van der Waals surface area contributed by atoms with Crippen LogP contribution in [0.3, 0.4) is 0 Å². The maximum atomic E-state index is 11.7. The maximum absolute atomic E-state index is 11.7. The van der Waals surface area contributed by atoms with Crippen LogP contribution in [0, 0.1) is 0 Å². The highest BCUT2D eigenvalue weighted by atomic mass is 16.5. The quantitative estimate of drug-likeness (QED) is 0.762. The van der Waals surface area contributed by atoms with Crippen LogP contribution in [0.1, 0.15) is 17.4 Å². The van der Waals surface area contributed by atoms with Crippen molar-refractivity contribution in [3.05, 3.63) is 46.4 Å². The molecule has 6 heteroatoms. The van der Waals surface area contributed by atoms with Gasteiger partial charge in [0.05, 0.1) is 6.61 Å². The molecule has 1 aromatic carbocycles. The highest BCUT2D eigenvalue weighted by molar-refractivity contribution is 6.02. The van der Waals surface area contributed by atoms with Gasteiger partial charge in [0.25, 0.3) is 11.5 Å². The average molecular weight is 247 g/mol. The molecular formula is C12H13N3O3. The van der Waals surface area contributed by atoms with Gasteiger partial charge >= 0.3 is 0 Å². The SMILES string of the molecule is CCOc1ccc(NC(=O)c2cc(=O)[nH][nH]2)cc1. The van der Waals surface area contributed by atoms with E-state index in [-0.39, 0.29) is 17.2 Å². The lowest BCUT2D eigenvalue weighted by Gasteiger charge is -2.05. The number of carbonyl (C=O) groups excluding carboxylic acids is 1. The van der Waals surface area contributed by atoms with Gasteiger partial charge in [0, 0.05) is 11.8 Å². The average Bonchev–Trinajstić information content (AvgIpc) is 2.79. The normalized spacial score (nSPS) is 10.1. The van der Waals surface area contributed by atoms with Gasteiger partial charge in [-0.2, -0.15) is 0 Å². The Bertz CT molecular complexity index is 583. The minimum absolute atomic E-state index is 0.189. The summed E-state index contributed by atoms with van der Waals surface area (Å²) in [5, 5.41) is 7.44. The molecule has 2 aromatic rings. The molecule has 6 nitrogen and oxygen atoms in total. The lowest BCUT2D eigenvalue weighted by Crippen LogP contribution is -2.12. The van der Waals surface area contributed by atoms with Gasteiger partial charge in [-0.1, -0.05) is 0 Å². The Balaban J connectivity index is 2.05. The summed E-state index contributed by atoms with van der Waals surface area (Å²) in [6, 6.07) is 8.18. The number of aromatic amines is 2. The summed E-state index contributed by atoms with van der Waals surface area (Å²) in [6.07, 6.45) is 0. The van der Waals surface area contributed by atoms with Crippen molar-refractivity contribution >= 4 is 11.6 Å². The van der Waals surface area contributed by atoms with Crippen LogP contribution in [-0.2, 0) is 0 Å². The summed E-state index contributed by atoms with van der Waals surface area (Å²) in [5.74, 6) is 0.364. The Morgan fingerprint density at radius 1 is 1.28 bits per heavy atom. The summed E-state index contributed by atoms with van der Waals surface area (Å²) in [4.78, 5) is 22.6. The Hall–Kier alpha value is -2.50. The van der Waals surface area contributed by atoms with Crippen LogP contribution in [0.15, 0.2) is 35.1 Å². The molecule has 0 saturated heterocycles. The van der Waals surface area contributed by atoms with Crippen molar-refractivity contribution < 1.29 is 9.53 Å². The lowest BCUT2D eigenvalue weighted by atomic mass is 10.3. The van der Waals surface area contributed by atoms with Gasteiger partial charge in [-0.3, -0.25) is 19.8 Å².